The number of likely N-dealkylation sites (tertiary alicyclic amines) is 1. The molecule has 7 nitrogen and oxygen atoms in total. The largest absolute Gasteiger partial charge is 0.466 e. The molecular weight excluding hydrogens is 288 g/mol. The first-order valence-electron chi connectivity index (χ1n) is 7.23. The lowest BCUT2D eigenvalue weighted by Gasteiger charge is -2.14. The average molecular weight is 308 g/mol. The van der Waals surface area contributed by atoms with Crippen molar-refractivity contribution >= 4 is 17.7 Å². The summed E-state index contributed by atoms with van der Waals surface area (Å²) in [6.45, 7) is 3.57. The Morgan fingerprint density at radius 3 is 2.55 bits per heavy atom. The van der Waals surface area contributed by atoms with Crippen molar-refractivity contribution in [1.29, 1.82) is 0 Å². The normalized spacial score (nSPS) is 16.2. The Hall–Kier alpha value is -2.15. The van der Waals surface area contributed by atoms with Crippen LogP contribution in [0.3, 0.4) is 0 Å². The highest BCUT2D eigenvalue weighted by Gasteiger charge is 2.30. The van der Waals surface area contributed by atoms with E-state index in [4.69, 9.17) is 4.42 Å². The summed E-state index contributed by atoms with van der Waals surface area (Å²) in [6.07, 6.45) is -0.0609. The Bertz CT molecular complexity index is 577. The topological polar surface area (TPSA) is 99.9 Å². The maximum atomic E-state index is 11.7. The second kappa shape index (κ2) is 6.74. The third kappa shape index (κ3) is 3.73. The van der Waals surface area contributed by atoms with Crippen molar-refractivity contribution in [3.8, 4) is 0 Å². The molecule has 1 aliphatic rings. The van der Waals surface area contributed by atoms with Crippen LogP contribution in [0.15, 0.2) is 10.5 Å². The SMILES string of the molecule is Cc1cc([C@H](O)CCNC(=O)CN2C(=O)CCC2=O)c(C)o1. The maximum Gasteiger partial charge on any atom is 0.240 e. The molecule has 0 aliphatic carbocycles. The number of aryl methyl sites for hydroxylation is 2. The van der Waals surface area contributed by atoms with E-state index in [0.717, 1.165) is 10.7 Å². The molecule has 1 fully saturated rings. The highest BCUT2D eigenvalue weighted by molar-refractivity contribution is 6.04. The van der Waals surface area contributed by atoms with Gasteiger partial charge in [0, 0.05) is 24.9 Å². The van der Waals surface area contributed by atoms with Gasteiger partial charge in [0.05, 0.1) is 6.10 Å². The van der Waals surface area contributed by atoms with Gasteiger partial charge in [-0.1, -0.05) is 0 Å². The Labute approximate surface area is 128 Å². The number of carbonyl (C=O) groups excluding carboxylic acids is 3. The molecular formula is C15H20N2O5. The van der Waals surface area contributed by atoms with E-state index in [1.165, 1.54) is 0 Å². The number of aliphatic hydroxyl groups is 1. The van der Waals surface area contributed by atoms with E-state index >= 15 is 0 Å². The van der Waals surface area contributed by atoms with Gasteiger partial charge in [-0.25, -0.2) is 0 Å². The molecule has 0 saturated carbocycles. The molecule has 2 rings (SSSR count). The molecule has 1 aromatic heterocycles. The minimum atomic E-state index is -0.729. The van der Waals surface area contributed by atoms with Gasteiger partial charge in [-0.05, 0) is 26.3 Å². The molecule has 7 heteroatoms. The summed E-state index contributed by atoms with van der Waals surface area (Å²) in [4.78, 5) is 35.5. The van der Waals surface area contributed by atoms with E-state index in [1.807, 2.05) is 0 Å². The first-order chi connectivity index (χ1) is 10.4. The van der Waals surface area contributed by atoms with Crippen LogP contribution in [0.5, 0.6) is 0 Å². The minimum Gasteiger partial charge on any atom is -0.466 e. The first-order valence-corrected chi connectivity index (χ1v) is 7.23. The number of imide groups is 1. The first kappa shape index (κ1) is 16.2. The van der Waals surface area contributed by atoms with Crippen LogP contribution in [-0.2, 0) is 14.4 Å². The molecule has 1 aromatic rings. The van der Waals surface area contributed by atoms with Gasteiger partial charge in [0.2, 0.25) is 17.7 Å². The van der Waals surface area contributed by atoms with Crippen LogP contribution in [0.1, 0.15) is 42.5 Å². The Morgan fingerprint density at radius 2 is 2.00 bits per heavy atom. The maximum absolute atomic E-state index is 11.7. The fraction of sp³-hybridized carbons (Fsp3) is 0.533. The Kier molecular flexibility index (Phi) is 4.97. The fourth-order valence-corrected chi connectivity index (χ4v) is 2.48. The Morgan fingerprint density at radius 1 is 1.36 bits per heavy atom. The van der Waals surface area contributed by atoms with Crippen molar-refractivity contribution < 1.29 is 23.9 Å². The summed E-state index contributed by atoms with van der Waals surface area (Å²) >= 11 is 0. The van der Waals surface area contributed by atoms with E-state index in [2.05, 4.69) is 5.32 Å². The Balaban J connectivity index is 1.76. The van der Waals surface area contributed by atoms with E-state index in [0.29, 0.717) is 17.7 Å². The number of rotatable bonds is 6. The minimum absolute atomic E-state index is 0.171. The fourth-order valence-electron chi connectivity index (χ4n) is 2.48. The average Bonchev–Trinajstić information content (AvgIpc) is 2.94. The van der Waals surface area contributed by atoms with E-state index in [-0.39, 0.29) is 37.7 Å². The molecule has 22 heavy (non-hydrogen) atoms. The van der Waals surface area contributed by atoms with Crippen LogP contribution in [0.4, 0.5) is 0 Å². The predicted molar refractivity (Wildman–Crippen MR) is 76.7 cm³/mol. The van der Waals surface area contributed by atoms with Crippen LogP contribution < -0.4 is 5.32 Å². The van der Waals surface area contributed by atoms with Gasteiger partial charge in [0.15, 0.2) is 0 Å². The van der Waals surface area contributed by atoms with E-state index in [9.17, 15) is 19.5 Å². The summed E-state index contributed by atoms with van der Waals surface area (Å²) < 4.78 is 5.35. The van der Waals surface area contributed by atoms with E-state index < -0.39 is 12.0 Å². The molecule has 0 unspecified atom stereocenters. The highest BCUT2D eigenvalue weighted by atomic mass is 16.3. The molecule has 0 aromatic carbocycles. The van der Waals surface area contributed by atoms with Gasteiger partial charge in [-0.3, -0.25) is 19.3 Å². The lowest BCUT2D eigenvalue weighted by Crippen LogP contribution is -2.40. The number of amides is 3. The third-order valence-electron chi connectivity index (χ3n) is 3.63. The molecule has 1 atom stereocenters. The smallest absolute Gasteiger partial charge is 0.240 e. The summed E-state index contributed by atoms with van der Waals surface area (Å²) in [5, 5.41) is 12.7. The van der Waals surface area contributed by atoms with Gasteiger partial charge >= 0.3 is 0 Å². The molecule has 1 saturated heterocycles. The van der Waals surface area contributed by atoms with Gasteiger partial charge in [-0.2, -0.15) is 0 Å². The van der Waals surface area contributed by atoms with Crippen molar-refractivity contribution in [3.05, 3.63) is 23.2 Å². The van der Waals surface area contributed by atoms with Crippen molar-refractivity contribution in [2.45, 2.75) is 39.2 Å². The summed E-state index contributed by atoms with van der Waals surface area (Å²) in [5.74, 6) is 0.344. The summed E-state index contributed by atoms with van der Waals surface area (Å²) in [7, 11) is 0. The van der Waals surface area contributed by atoms with Crippen LogP contribution >= 0.6 is 0 Å². The molecule has 1 aliphatic heterocycles. The van der Waals surface area contributed by atoms with Gasteiger partial charge in [0.25, 0.3) is 0 Å². The number of aliphatic hydroxyl groups excluding tert-OH is 1. The third-order valence-corrected chi connectivity index (χ3v) is 3.63. The van der Waals surface area contributed by atoms with Crippen LogP contribution in [-0.4, -0.2) is 40.8 Å². The van der Waals surface area contributed by atoms with Gasteiger partial charge in [0.1, 0.15) is 18.1 Å². The van der Waals surface area contributed by atoms with E-state index in [1.54, 1.807) is 19.9 Å². The van der Waals surface area contributed by atoms with Gasteiger partial charge < -0.3 is 14.8 Å². The number of nitrogens with one attached hydrogen (secondary N) is 1. The lowest BCUT2D eigenvalue weighted by atomic mass is 10.1. The molecule has 0 bridgehead atoms. The number of nitrogens with zero attached hydrogens (tertiary/aromatic N) is 1. The molecule has 2 heterocycles. The van der Waals surface area contributed by atoms with Crippen LogP contribution in [0.25, 0.3) is 0 Å². The van der Waals surface area contributed by atoms with Crippen molar-refractivity contribution in [2.75, 3.05) is 13.1 Å². The monoisotopic (exact) mass is 308 g/mol. The second-order valence-corrected chi connectivity index (χ2v) is 5.40. The van der Waals surface area contributed by atoms with Gasteiger partial charge in [-0.15, -0.1) is 0 Å². The standard InChI is InChI=1S/C15H20N2O5/c1-9-7-11(10(2)22-9)12(18)5-6-16-13(19)8-17-14(20)3-4-15(17)21/h7,12,18H,3-6,8H2,1-2H3,(H,16,19)/t12-/m1/s1. The van der Waals surface area contributed by atoms with Crippen LogP contribution in [0, 0.1) is 13.8 Å². The second-order valence-electron chi connectivity index (χ2n) is 5.40. The number of carbonyl (C=O) groups is 3. The predicted octanol–water partition coefficient (Wildman–Crippen LogP) is 0.585. The van der Waals surface area contributed by atoms with Crippen LogP contribution in [0.2, 0.25) is 0 Å². The van der Waals surface area contributed by atoms with Crippen molar-refractivity contribution in [1.82, 2.24) is 10.2 Å². The summed E-state index contributed by atoms with van der Waals surface area (Å²) in [5.41, 5.74) is 0.705. The van der Waals surface area contributed by atoms with Crippen molar-refractivity contribution in [3.63, 3.8) is 0 Å². The quantitative estimate of drug-likeness (QED) is 0.749. The summed E-state index contributed by atoms with van der Waals surface area (Å²) in [6, 6.07) is 1.77. The zero-order valence-corrected chi connectivity index (χ0v) is 12.7. The molecule has 0 spiro atoms. The molecule has 3 amide bonds. The number of hydrogen-bond acceptors (Lipinski definition) is 5. The van der Waals surface area contributed by atoms with Crippen molar-refractivity contribution in [2.24, 2.45) is 0 Å². The molecule has 2 N–H and O–H groups in total. The lowest BCUT2D eigenvalue weighted by molar-refractivity contribution is -0.142. The molecule has 0 radical (unpaired) electrons. The zero-order chi connectivity index (χ0) is 16.3. The zero-order valence-electron chi connectivity index (χ0n) is 12.7. The number of hydrogen-bond donors (Lipinski definition) is 2. The highest BCUT2D eigenvalue weighted by Crippen LogP contribution is 2.23. The molecule has 120 valence electrons. The number of furan rings is 1.